The number of carbonyl (C=O) groups is 1. The number of thiazole rings is 1. The lowest BCUT2D eigenvalue weighted by atomic mass is 10.1. The first-order valence-corrected chi connectivity index (χ1v) is 10.1. The van der Waals surface area contributed by atoms with E-state index in [1.165, 1.54) is 18.2 Å². The Bertz CT molecular complexity index is 998. The fourth-order valence-electron chi connectivity index (χ4n) is 2.78. The molecule has 4 nitrogen and oxygen atoms in total. The minimum Gasteiger partial charge on any atom is -0.487 e. The average Bonchev–Trinajstić information content (AvgIpc) is 3.15. The molecular formula is C23H23FN2O2S. The molecule has 1 amide bonds. The van der Waals surface area contributed by atoms with Crippen LogP contribution in [0.1, 0.15) is 34.8 Å². The van der Waals surface area contributed by atoms with Gasteiger partial charge in [-0.3, -0.25) is 4.79 Å². The Labute approximate surface area is 174 Å². The zero-order chi connectivity index (χ0) is 20.8. The lowest BCUT2D eigenvalue weighted by Crippen LogP contribution is -2.27. The summed E-state index contributed by atoms with van der Waals surface area (Å²) in [6.07, 6.45) is 3.29. The van der Waals surface area contributed by atoms with E-state index in [1.54, 1.807) is 41.5 Å². The predicted molar refractivity (Wildman–Crippen MR) is 114 cm³/mol. The van der Waals surface area contributed by atoms with E-state index in [0.29, 0.717) is 6.61 Å². The van der Waals surface area contributed by atoms with Gasteiger partial charge in [-0.15, -0.1) is 11.3 Å². The summed E-state index contributed by atoms with van der Waals surface area (Å²) in [6, 6.07) is 13.6. The number of aryl methyl sites for hydroxylation is 1. The van der Waals surface area contributed by atoms with E-state index in [1.807, 2.05) is 43.5 Å². The minimum atomic E-state index is -0.290. The highest BCUT2D eigenvalue weighted by molar-refractivity contribution is 7.09. The van der Waals surface area contributed by atoms with Crippen molar-refractivity contribution in [3.8, 4) is 5.75 Å². The number of nitrogens with zero attached hydrogens (tertiary/aromatic N) is 2. The molecule has 2 aromatic carbocycles. The van der Waals surface area contributed by atoms with Crippen molar-refractivity contribution in [3.63, 3.8) is 0 Å². The van der Waals surface area contributed by atoms with Crippen LogP contribution in [0.5, 0.6) is 5.75 Å². The van der Waals surface area contributed by atoms with Gasteiger partial charge in [0.25, 0.3) is 0 Å². The van der Waals surface area contributed by atoms with E-state index in [-0.39, 0.29) is 17.8 Å². The van der Waals surface area contributed by atoms with Crippen LogP contribution in [-0.2, 0) is 11.4 Å². The number of hydrogen-bond acceptors (Lipinski definition) is 4. The Morgan fingerprint density at radius 3 is 2.72 bits per heavy atom. The Kier molecular flexibility index (Phi) is 6.77. The molecule has 1 atom stereocenters. The first-order chi connectivity index (χ1) is 13.9. The van der Waals surface area contributed by atoms with Crippen LogP contribution in [0.2, 0.25) is 0 Å². The van der Waals surface area contributed by atoms with Crippen LogP contribution in [-0.4, -0.2) is 22.8 Å². The van der Waals surface area contributed by atoms with E-state index in [4.69, 9.17) is 4.74 Å². The number of benzene rings is 2. The number of amides is 1. The number of hydrogen-bond donors (Lipinski definition) is 0. The molecule has 0 unspecified atom stereocenters. The molecule has 0 N–H and O–H groups in total. The summed E-state index contributed by atoms with van der Waals surface area (Å²) in [5.41, 5.74) is 2.65. The summed E-state index contributed by atoms with van der Waals surface area (Å²) >= 11 is 1.59. The van der Waals surface area contributed by atoms with Gasteiger partial charge in [0.15, 0.2) is 0 Å². The van der Waals surface area contributed by atoms with Gasteiger partial charge in [-0.25, -0.2) is 9.37 Å². The Morgan fingerprint density at radius 1 is 1.28 bits per heavy atom. The van der Waals surface area contributed by atoms with Crippen molar-refractivity contribution in [2.45, 2.75) is 26.5 Å². The van der Waals surface area contributed by atoms with Crippen molar-refractivity contribution < 1.29 is 13.9 Å². The summed E-state index contributed by atoms with van der Waals surface area (Å²) in [5, 5.41) is 2.99. The normalized spacial score (nSPS) is 12.1. The lowest BCUT2D eigenvalue weighted by molar-refractivity contribution is -0.126. The third-order valence-electron chi connectivity index (χ3n) is 4.61. The van der Waals surface area contributed by atoms with Crippen molar-refractivity contribution in [3.05, 3.63) is 87.6 Å². The zero-order valence-electron chi connectivity index (χ0n) is 16.6. The monoisotopic (exact) mass is 410 g/mol. The quantitative estimate of drug-likeness (QED) is 0.490. The van der Waals surface area contributed by atoms with Gasteiger partial charge in [-0.05, 0) is 55.3 Å². The van der Waals surface area contributed by atoms with Crippen molar-refractivity contribution in [1.82, 2.24) is 9.88 Å². The molecule has 3 rings (SSSR count). The van der Waals surface area contributed by atoms with Crippen molar-refractivity contribution in [2.75, 3.05) is 7.05 Å². The molecule has 1 aromatic heterocycles. The minimum absolute atomic E-state index is 0.133. The highest BCUT2D eigenvalue weighted by Gasteiger charge is 2.15. The van der Waals surface area contributed by atoms with Crippen LogP contribution >= 0.6 is 11.3 Å². The SMILES string of the molecule is Cc1nc(COc2cccc(/C=C/C(=O)N(C)[C@@H](C)c3ccc(F)cc3)c2)cs1. The standard InChI is InChI=1S/C23H23FN2O2S/c1-16(19-8-10-20(24)11-9-19)26(3)23(27)12-7-18-5-4-6-22(13-18)28-14-21-15-29-17(2)25-21/h4-13,15-16H,14H2,1-3H3/b12-7+/t16-/m0/s1. The van der Waals surface area contributed by atoms with Crippen LogP contribution in [0.4, 0.5) is 4.39 Å². The molecular weight excluding hydrogens is 387 g/mol. The van der Waals surface area contributed by atoms with Gasteiger partial charge < -0.3 is 9.64 Å². The second-order valence-electron chi connectivity index (χ2n) is 6.73. The predicted octanol–water partition coefficient (Wildman–Crippen LogP) is 5.40. The van der Waals surface area contributed by atoms with Crippen LogP contribution in [0, 0.1) is 12.7 Å². The highest BCUT2D eigenvalue weighted by Crippen LogP contribution is 2.20. The molecule has 29 heavy (non-hydrogen) atoms. The molecule has 0 spiro atoms. The van der Waals surface area contributed by atoms with E-state index in [9.17, 15) is 9.18 Å². The molecule has 0 radical (unpaired) electrons. The van der Waals surface area contributed by atoms with E-state index in [2.05, 4.69) is 4.98 Å². The first-order valence-electron chi connectivity index (χ1n) is 9.26. The highest BCUT2D eigenvalue weighted by atomic mass is 32.1. The van der Waals surface area contributed by atoms with Gasteiger partial charge in [0.2, 0.25) is 5.91 Å². The summed E-state index contributed by atoms with van der Waals surface area (Å²) in [7, 11) is 1.73. The summed E-state index contributed by atoms with van der Waals surface area (Å²) in [6.45, 7) is 4.28. The Morgan fingerprint density at radius 2 is 2.03 bits per heavy atom. The third kappa shape index (κ3) is 5.74. The average molecular weight is 411 g/mol. The second-order valence-corrected chi connectivity index (χ2v) is 7.79. The molecule has 150 valence electrons. The Balaban J connectivity index is 1.61. The molecule has 0 fully saturated rings. The van der Waals surface area contributed by atoms with Crippen LogP contribution in [0.15, 0.2) is 60.0 Å². The number of rotatable bonds is 7. The molecule has 6 heteroatoms. The zero-order valence-corrected chi connectivity index (χ0v) is 17.4. The number of likely N-dealkylation sites (N-methyl/N-ethyl adjacent to an activating group) is 1. The fourth-order valence-corrected chi connectivity index (χ4v) is 3.38. The van der Waals surface area contributed by atoms with Crippen LogP contribution in [0.25, 0.3) is 6.08 Å². The summed E-state index contributed by atoms with van der Waals surface area (Å²) in [5.74, 6) is 0.297. The van der Waals surface area contributed by atoms with E-state index >= 15 is 0 Å². The van der Waals surface area contributed by atoms with Gasteiger partial charge in [0.05, 0.1) is 16.7 Å². The number of halogens is 1. The fraction of sp³-hybridized carbons (Fsp3) is 0.217. The van der Waals surface area contributed by atoms with Gasteiger partial charge >= 0.3 is 0 Å². The maximum atomic E-state index is 13.1. The number of ether oxygens (including phenoxy) is 1. The third-order valence-corrected chi connectivity index (χ3v) is 5.43. The van der Waals surface area contributed by atoms with Crippen molar-refractivity contribution in [2.24, 2.45) is 0 Å². The molecule has 0 aliphatic rings. The molecule has 1 heterocycles. The molecule has 0 bridgehead atoms. The van der Waals surface area contributed by atoms with Crippen molar-refractivity contribution in [1.29, 1.82) is 0 Å². The molecule has 3 aromatic rings. The van der Waals surface area contributed by atoms with Crippen molar-refractivity contribution >= 4 is 23.3 Å². The lowest BCUT2D eigenvalue weighted by Gasteiger charge is -2.24. The van der Waals surface area contributed by atoms with Gasteiger partial charge in [-0.1, -0.05) is 24.3 Å². The van der Waals surface area contributed by atoms with Crippen LogP contribution in [0.3, 0.4) is 0 Å². The van der Waals surface area contributed by atoms with Gasteiger partial charge in [0.1, 0.15) is 18.2 Å². The largest absolute Gasteiger partial charge is 0.487 e. The molecule has 0 saturated heterocycles. The number of carbonyl (C=O) groups excluding carboxylic acids is 1. The maximum Gasteiger partial charge on any atom is 0.246 e. The Hall–Kier alpha value is -2.99. The second kappa shape index (κ2) is 9.47. The maximum absolute atomic E-state index is 13.1. The van der Waals surface area contributed by atoms with E-state index in [0.717, 1.165) is 27.6 Å². The van der Waals surface area contributed by atoms with Gasteiger partial charge in [-0.2, -0.15) is 0 Å². The first kappa shape index (κ1) is 20.7. The van der Waals surface area contributed by atoms with E-state index < -0.39 is 0 Å². The summed E-state index contributed by atoms with van der Waals surface area (Å²) < 4.78 is 18.9. The summed E-state index contributed by atoms with van der Waals surface area (Å²) in [4.78, 5) is 18.5. The smallest absolute Gasteiger partial charge is 0.246 e. The van der Waals surface area contributed by atoms with Gasteiger partial charge in [0, 0.05) is 18.5 Å². The molecule has 0 aliphatic heterocycles. The molecule has 0 aliphatic carbocycles. The molecule has 0 saturated carbocycles. The van der Waals surface area contributed by atoms with Crippen LogP contribution < -0.4 is 4.74 Å². The topological polar surface area (TPSA) is 42.4 Å². The number of aromatic nitrogens is 1.